The fraction of sp³-hybridized carbons (Fsp3) is 0.280. The Balaban J connectivity index is 1.69. The van der Waals surface area contributed by atoms with Crippen molar-refractivity contribution in [2.75, 3.05) is 13.1 Å². The highest BCUT2D eigenvalue weighted by Crippen LogP contribution is 2.34. The predicted octanol–water partition coefficient (Wildman–Crippen LogP) is 5.74. The van der Waals surface area contributed by atoms with Gasteiger partial charge in [-0.15, -0.1) is 0 Å². The number of hydrogen-bond donors (Lipinski definition) is 0. The minimum Gasteiger partial charge on any atom is -0.298 e. The van der Waals surface area contributed by atoms with Crippen LogP contribution < -0.4 is 0 Å². The first-order chi connectivity index (χ1) is 13.8. The van der Waals surface area contributed by atoms with Crippen LogP contribution in [0.1, 0.15) is 30.5 Å². The maximum Gasteiger partial charge on any atom is 0.0805 e. The third-order valence-corrected chi connectivity index (χ3v) is 5.92. The lowest BCUT2D eigenvalue weighted by Crippen LogP contribution is -2.29. The lowest BCUT2D eigenvalue weighted by Gasteiger charge is -2.26. The molecule has 0 radical (unpaired) electrons. The van der Waals surface area contributed by atoms with Gasteiger partial charge in [0.25, 0.3) is 0 Å². The number of aryl methyl sites for hydroxylation is 1. The lowest BCUT2D eigenvalue weighted by atomic mass is 9.96. The molecule has 1 aliphatic rings. The number of piperidine rings is 1. The Kier molecular flexibility index (Phi) is 4.53. The number of pyridine rings is 2. The minimum atomic E-state index is 0.926. The molecule has 0 bridgehead atoms. The van der Waals surface area contributed by atoms with Crippen LogP contribution in [0.5, 0.6) is 0 Å². The van der Waals surface area contributed by atoms with E-state index in [1.807, 2.05) is 12.4 Å². The molecule has 0 unspecified atom stereocenters. The van der Waals surface area contributed by atoms with Crippen molar-refractivity contribution in [2.24, 2.45) is 0 Å². The zero-order valence-corrected chi connectivity index (χ0v) is 16.4. The van der Waals surface area contributed by atoms with Crippen LogP contribution in [0.3, 0.4) is 0 Å². The molecule has 5 rings (SSSR count). The third kappa shape index (κ3) is 3.16. The van der Waals surface area contributed by atoms with Crippen LogP contribution in [0.25, 0.3) is 32.8 Å². The second-order valence-electron chi connectivity index (χ2n) is 7.87. The van der Waals surface area contributed by atoms with Crippen molar-refractivity contribution in [1.82, 2.24) is 14.9 Å². The normalized spacial score (nSPS) is 15.3. The van der Waals surface area contributed by atoms with Crippen LogP contribution >= 0.6 is 0 Å². The molecule has 0 atom stereocenters. The fourth-order valence-electron chi connectivity index (χ4n) is 4.45. The first-order valence-corrected chi connectivity index (χ1v) is 10.2. The van der Waals surface area contributed by atoms with E-state index >= 15 is 0 Å². The standard InChI is InChI=1S/C25H25N3/c1-18-7-5-9-22-21(18)8-6-10-23(22)25-24-16-26-12-11-19(24)15-20(27-25)17-28-13-3-2-4-14-28/h5-12,15-16H,2-4,13-14,17H2,1H3. The Morgan fingerprint density at radius 3 is 2.61 bits per heavy atom. The lowest BCUT2D eigenvalue weighted by molar-refractivity contribution is 0.218. The van der Waals surface area contributed by atoms with Crippen molar-refractivity contribution < 1.29 is 0 Å². The van der Waals surface area contributed by atoms with Crippen LogP contribution in [-0.4, -0.2) is 28.0 Å². The highest BCUT2D eigenvalue weighted by Gasteiger charge is 2.15. The Hall–Kier alpha value is -2.78. The molecule has 0 saturated carbocycles. The van der Waals surface area contributed by atoms with Gasteiger partial charge in [-0.05, 0) is 66.7 Å². The van der Waals surface area contributed by atoms with Gasteiger partial charge in [-0.1, -0.05) is 42.8 Å². The summed E-state index contributed by atoms with van der Waals surface area (Å²) in [6.07, 6.45) is 7.79. The van der Waals surface area contributed by atoms with Gasteiger partial charge in [-0.25, -0.2) is 0 Å². The molecule has 2 aromatic carbocycles. The van der Waals surface area contributed by atoms with Crippen LogP contribution in [0, 0.1) is 6.92 Å². The zero-order valence-electron chi connectivity index (χ0n) is 16.4. The van der Waals surface area contributed by atoms with E-state index in [1.165, 1.54) is 59.6 Å². The molecule has 28 heavy (non-hydrogen) atoms. The Labute approximate surface area is 166 Å². The topological polar surface area (TPSA) is 29.0 Å². The summed E-state index contributed by atoms with van der Waals surface area (Å²) in [4.78, 5) is 12.1. The van der Waals surface area contributed by atoms with Gasteiger partial charge in [0, 0.05) is 29.9 Å². The average molecular weight is 367 g/mol. The number of rotatable bonds is 3. The second-order valence-corrected chi connectivity index (χ2v) is 7.87. The molecule has 1 fully saturated rings. The highest BCUT2D eigenvalue weighted by molar-refractivity contribution is 6.04. The first-order valence-electron chi connectivity index (χ1n) is 10.2. The molecule has 0 aliphatic carbocycles. The summed E-state index contributed by atoms with van der Waals surface area (Å²) in [5, 5.41) is 4.89. The summed E-state index contributed by atoms with van der Waals surface area (Å²) in [6.45, 7) is 5.46. The second kappa shape index (κ2) is 7.33. The third-order valence-electron chi connectivity index (χ3n) is 5.92. The van der Waals surface area contributed by atoms with E-state index in [0.717, 1.165) is 23.3 Å². The summed E-state index contributed by atoms with van der Waals surface area (Å²) >= 11 is 0. The number of fused-ring (bicyclic) bond motifs is 2. The van der Waals surface area contributed by atoms with Gasteiger partial charge in [0.15, 0.2) is 0 Å². The van der Waals surface area contributed by atoms with Gasteiger partial charge < -0.3 is 0 Å². The minimum absolute atomic E-state index is 0.926. The largest absolute Gasteiger partial charge is 0.298 e. The van der Waals surface area contributed by atoms with Crippen molar-refractivity contribution in [3.63, 3.8) is 0 Å². The highest BCUT2D eigenvalue weighted by atomic mass is 15.1. The molecule has 0 amide bonds. The quantitative estimate of drug-likeness (QED) is 0.462. The molecule has 1 saturated heterocycles. The molecule has 3 nitrogen and oxygen atoms in total. The average Bonchev–Trinajstić information content (AvgIpc) is 2.74. The Morgan fingerprint density at radius 2 is 1.71 bits per heavy atom. The molecule has 0 spiro atoms. The SMILES string of the molecule is Cc1cccc2c(-c3nc(CN4CCCCC4)cc4ccncc34)cccc12. The summed E-state index contributed by atoms with van der Waals surface area (Å²) in [7, 11) is 0. The van der Waals surface area contributed by atoms with Crippen molar-refractivity contribution in [3.8, 4) is 11.3 Å². The Bertz CT molecular complexity index is 1140. The van der Waals surface area contributed by atoms with E-state index in [0.29, 0.717) is 0 Å². The van der Waals surface area contributed by atoms with Crippen molar-refractivity contribution in [3.05, 3.63) is 72.2 Å². The smallest absolute Gasteiger partial charge is 0.0805 e. The summed E-state index contributed by atoms with van der Waals surface area (Å²) in [5.41, 5.74) is 4.69. The van der Waals surface area contributed by atoms with Gasteiger partial charge in [0.1, 0.15) is 0 Å². The van der Waals surface area contributed by atoms with E-state index in [9.17, 15) is 0 Å². The van der Waals surface area contributed by atoms with Gasteiger partial charge >= 0.3 is 0 Å². The summed E-state index contributed by atoms with van der Waals surface area (Å²) in [6, 6.07) is 17.4. The van der Waals surface area contributed by atoms with E-state index in [2.05, 4.69) is 65.3 Å². The molecular formula is C25H25N3. The molecule has 1 aliphatic heterocycles. The first kappa shape index (κ1) is 17.3. The zero-order chi connectivity index (χ0) is 18.9. The Morgan fingerprint density at radius 1 is 0.893 bits per heavy atom. The molecule has 3 heteroatoms. The van der Waals surface area contributed by atoms with Gasteiger partial charge in [-0.2, -0.15) is 0 Å². The van der Waals surface area contributed by atoms with Crippen molar-refractivity contribution >= 4 is 21.5 Å². The van der Waals surface area contributed by atoms with E-state index in [4.69, 9.17) is 4.98 Å². The van der Waals surface area contributed by atoms with Gasteiger partial charge in [-0.3, -0.25) is 14.9 Å². The monoisotopic (exact) mass is 367 g/mol. The number of likely N-dealkylation sites (tertiary alicyclic amines) is 1. The molecular weight excluding hydrogens is 342 g/mol. The summed E-state index contributed by atoms with van der Waals surface area (Å²) in [5.74, 6) is 0. The fourth-order valence-corrected chi connectivity index (χ4v) is 4.45. The number of nitrogens with zero attached hydrogens (tertiary/aromatic N) is 3. The molecule has 140 valence electrons. The van der Waals surface area contributed by atoms with Gasteiger partial charge in [0.05, 0.1) is 11.4 Å². The molecule has 0 N–H and O–H groups in total. The maximum absolute atomic E-state index is 5.16. The van der Waals surface area contributed by atoms with E-state index in [-0.39, 0.29) is 0 Å². The van der Waals surface area contributed by atoms with Crippen LogP contribution in [0.4, 0.5) is 0 Å². The van der Waals surface area contributed by atoms with Crippen LogP contribution in [-0.2, 0) is 6.54 Å². The maximum atomic E-state index is 5.16. The van der Waals surface area contributed by atoms with Crippen molar-refractivity contribution in [1.29, 1.82) is 0 Å². The molecule has 3 heterocycles. The van der Waals surface area contributed by atoms with Crippen LogP contribution in [0.15, 0.2) is 60.9 Å². The number of aromatic nitrogens is 2. The number of hydrogen-bond acceptors (Lipinski definition) is 3. The van der Waals surface area contributed by atoms with E-state index in [1.54, 1.807) is 0 Å². The summed E-state index contributed by atoms with van der Waals surface area (Å²) < 4.78 is 0. The van der Waals surface area contributed by atoms with Crippen molar-refractivity contribution in [2.45, 2.75) is 32.7 Å². The molecule has 2 aromatic heterocycles. The molecule has 4 aromatic rings. The van der Waals surface area contributed by atoms with E-state index < -0.39 is 0 Å². The van der Waals surface area contributed by atoms with Crippen LogP contribution in [0.2, 0.25) is 0 Å². The van der Waals surface area contributed by atoms with Gasteiger partial charge in [0.2, 0.25) is 0 Å². The predicted molar refractivity (Wildman–Crippen MR) is 116 cm³/mol. The number of benzene rings is 2.